The molecule has 0 radical (unpaired) electrons. The molecule has 0 saturated carbocycles. The molecule has 0 aliphatic heterocycles. The summed E-state index contributed by atoms with van der Waals surface area (Å²) in [5.41, 5.74) is 10.6. The average Bonchev–Trinajstić information content (AvgIpc) is 2.99. The number of thiazole rings is 1. The Kier molecular flexibility index (Phi) is 2.76. The molecule has 0 aliphatic rings. The van der Waals surface area contributed by atoms with E-state index in [0.717, 1.165) is 40.3 Å². The lowest BCUT2D eigenvalue weighted by atomic mass is 10.2. The summed E-state index contributed by atoms with van der Waals surface area (Å²) in [7, 11) is 0. The van der Waals surface area contributed by atoms with Crippen molar-refractivity contribution in [3.63, 3.8) is 0 Å². The number of hydrogen-bond donors (Lipinski definition) is 1. The Morgan fingerprint density at radius 3 is 3.06 bits per heavy atom. The number of aromatic nitrogens is 3. The van der Waals surface area contributed by atoms with Crippen LogP contribution in [0.2, 0.25) is 0 Å². The van der Waals surface area contributed by atoms with E-state index in [1.165, 1.54) is 0 Å². The minimum absolute atomic E-state index is 0.726. The predicted octanol–water partition coefficient (Wildman–Crippen LogP) is 3.02. The lowest BCUT2D eigenvalue weighted by Gasteiger charge is -2.10. The third kappa shape index (κ3) is 1.67. The summed E-state index contributed by atoms with van der Waals surface area (Å²) in [6.07, 6.45) is 5.78. The molecule has 2 aromatic heterocycles. The summed E-state index contributed by atoms with van der Waals surface area (Å²) in [6.45, 7) is 2.14. The molecule has 1 aromatic carbocycles. The number of benzene rings is 1. The van der Waals surface area contributed by atoms with Crippen LogP contribution in [0.5, 0.6) is 0 Å². The molecule has 0 atom stereocenters. The van der Waals surface area contributed by atoms with Gasteiger partial charge in [0.25, 0.3) is 0 Å². The van der Waals surface area contributed by atoms with Crippen LogP contribution in [0.3, 0.4) is 0 Å². The second-order valence-electron chi connectivity index (χ2n) is 4.16. The fourth-order valence-corrected chi connectivity index (χ4v) is 2.81. The van der Waals surface area contributed by atoms with Crippen LogP contribution in [0.4, 0.5) is 5.69 Å². The van der Waals surface area contributed by atoms with Crippen molar-refractivity contribution in [1.29, 1.82) is 0 Å². The summed E-state index contributed by atoms with van der Waals surface area (Å²) >= 11 is 1.61. The van der Waals surface area contributed by atoms with Crippen molar-refractivity contribution in [2.75, 3.05) is 5.73 Å². The molecular weight excluding hydrogens is 244 g/mol. The molecule has 0 amide bonds. The van der Waals surface area contributed by atoms with Gasteiger partial charge in [0.15, 0.2) is 0 Å². The zero-order chi connectivity index (χ0) is 12.5. The number of nitrogens with zero attached hydrogens (tertiary/aromatic N) is 3. The number of aryl methyl sites for hydroxylation is 1. The van der Waals surface area contributed by atoms with Crippen molar-refractivity contribution in [3.8, 4) is 5.69 Å². The highest BCUT2D eigenvalue weighted by atomic mass is 32.1. The predicted molar refractivity (Wildman–Crippen MR) is 75.1 cm³/mol. The van der Waals surface area contributed by atoms with Gasteiger partial charge in [-0.25, -0.2) is 9.97 Å². The summed E-state index contributed by atoms with van der Waals surface area (Å²) < 4.78 is 3.17. The molecule has 2 N–H and O–H groups in total. The minimum atomic E-state index is 0.726. The Morgan fingerprint density at radius 1 is 1.33 bits per heavy atom. The number of hydrogen-bond acceptors (Lipinski definition) is 4. The molecule has 4 nitrogen and oxygen atoms in total. The van der Waals surface area contributed by atoms with Crippen LogP contribution in [0.25, 0.3) is 15.9 Å². The average molecular weight is 258 g/mol. The van der Waals surface area contributed by atoms with Gasteiger partial charge < -0.3 is 10.3 Å². The molecule has 3 aromatic rings. The standard InChI is InChI=1S/C13H14N4S/c1-2-3-11-15-6-7-17(11)9-4-5-10-13(12(9)14)16-8-18-10/h4-8H,2-3,14H2,1H3. The molecular formula is C13H14N4S. The summed E-state index contributed by atoms with van der Waals surface area (Å²) in [6, 6.07) is 4.10. The summed E-state index contributed by atoms with van der Waals surface area (Å²) in [4.78, 5) is 8.70. The molecule has 0 unspecified atom stereocenters. The third-order valence-corrected chi connectivity index (χ3v) is 3.76. The van der Waals surface area contributed by atoms with Gasteiger partial charge in [0.1, 0.15) is 11.3 Å². The molecule has 18 heavy (non-hydrogen) atoms. The van der Waals surface area contributed by atoms with Crippen molar-refractivity contribution in [3.05, 3.63) is 35.9 Å². The minimum Gasteiger partial charge on any atom is -0.395 e. The van der Waals surface area contributed by atoms with Gasteiger partial charge >= 0.3 is 0 Å². The first-order valence-corrected chi connectivity index (χ1v) is 6.83. The number of imidazole rings is 1. The fraction of sp³-hybridized carbons (Fsp3) is 0.231. The van der Waals surface area contributed by atoms with Crippen LogP contribution in [0.15, 0.2) is 30.0 Å². The number of fused-ring (bicyclic) bond motifs is 1. The maximum absolute atomic E-state index is 6.22. The van der Waals surface area contributed by atoms with Crippen molar-refractivity contribution in [2.24, 2.45) is 0 Å². The van der Waals surface area contributed by atoms with Gasteiger partial charge in [0.05, 0.1) is 21.6 Å². The SMILES string of the molecule is CCCc1nccn1-c1ccc2scnc2c1N. The molecule has 3 rings (SSSR count). The quantitative estimate of drug-likeness (QED) is 0.735. The highest BCUT2D eigenvalue weighted by molar-refractivity contribution is 7.16. The lowest BCUT2D eigenvalue weighted by Crippen LogP contribution is -2.04. The number of rotatable bonds is 3. The van der Waals surface area contributed by atoms with Gasteiger partial charge in [-0.3, -0.25) is 0 Å². The Morgan fingerprint density at radius 2 is 2.22 bits per heavy atom. The molecule has 0 aliphatic carbocycles. The summed E-state index contributed by atoms with van der Waals surface area (Å²) in [5, 5.41) is 0. The Hall–Kier alpha value is -1.88. The topological polar surface area (TPSA) is 56.7 Å². The van der Waals surface area contributed by atoms with Gasteiger partial charge in [0.2, 0.25) is 0 Å². The van der Waals surface area contributed by atoms with E-state index in [2.05, 4.69) is 27.5 Å². The highest BCUT2D eigenvalue weighted by Gasteiger charge is 2.11. The fourth-order valence-electron chi connectivity index (χ4n) is 2.11. The normalized spacial score (nSPS) is 11.2. The van der Waals surface area contributed by atoms with E-state index in [9.17, 15) is 0 Å². The molecule has 0 saturated heterocycles. The van der Waals surface area contributed by atoms with Crippen LogP contribution in [-0.4, -0.2) is 14.5 Å². The zero-order valence-corrected chi connectivity index (χ0v) is 10.9. The number of nitrogen functional groups attached to an aromatic ring is 1. The molecule has 0 bridgehead atoms. The molecule has 0 spiro atoms. The lowest BCUT2D eigenvalue weighted by molar-refractivity contribution is 0.810. The van der Waals surface area contributed by atoms with E-state index in [4.69, 9.17) is 5.73 Å². The van der Waals surface area contributed by atoms with Crippen molar-refractivity contribution in [2.45, 2.75) is 19.8 Å². The zero-order valence-electron chi connectivity index (χ0n) is 10.1. The van der Waals surface area contributed by atoms with Gasteiger partial charge in [-0.15, -0.1) is 11.3 Å². The van der Waals surface area contributed by atoms with Crippen LogP contribution < -0.4 is 5.73 Å². The van der Waals surface area contributed by atoms with E-state index >= 15 is 0 Å². The van der Waals surface area contributed by atoms with Crippen molar-refractivity contribution in [1.82, 2.24) is 14.5 Å². The van der Waals surface area contributed by atoms with Gasteiger partial charge in [-0.2, -0.15) is 0 Å². The summed E-state index contributed by atoms with van der Waals surface area (Å²) in [5.74, 6) is 1.04. The van der Waals surface area contributed by atoms with Crippen LogP contribution in [-0.2, 0) is 6.42 Å². The van der Waals surface area contributed by atoms with Crippen molar-refractivity contribution < 1.29 is 0 Å². The van der Waals surface area contributed by atoms with Gasteiger partial charge in [0, 0.05) is 18.8 Å². The van der Waals surface area contributed by atoms with Crippen LogP contribution in [0, 0.1) is 0 Å². The van der Waals surface area contributed by atoms with E-state index in [0.29, 0.717) is 0 Å². The Labute approximate surface area is 109 Å². The largest absolute Gasteiger partial charge is 0.395 e. The third-order valence-electron chi connectivity index (χ3n) is 2.97. The maximum Gasteiger partial charge on any atom is 0.113 e. The second-order valence-corrected chi connectivity index (χ2v) is 5.05. The molecule has 0 fully saturated rings. The van der Waals surface area contributed by atoms with E-state index in [-0.39, 0.29) is 0 Å². The van der Waals surface area contributed by atoms with E-state index in [1.54, 1.807) is 11.3 Å². The molecule has 92 valence electrons. The number of nitrogens with two attached hydrogens (primary N) is 1. The smallest absolute Gasteiger partial charge is 0.113 e. The first-order valence-electron chi connectivity index (χ1n) is 5.95. The van der Waals surface area contributed by atoms with Gasteiger partial charge in [-0.1, -0.05) is 6.92 Å². The van der Waals surface area contributed by atoms with Crippen LogP contribution in [0.1, 0.15) is 19.2 Å². The molecule has 5 heteroatoms. The maximum atomic E-state index is 6.22. The monoisotopic (exact) mass is 258 g/mol. The van der Waals surface area contributed by atoms with E-state index < -0.39 is 0 Å². The van der Waals surface area contributed by atoms with E-state index in [1.807, 2.05) is 24.0 Å². The number of anilines is 1. The Balaban J connectivity index is 2.18. The van der Waals surface area contributed by atoms with Crippen molar-refractivity contribution >= 4 is 27.2 Å². The highest BCUT2D eigenvalue weighted by Crippen LogP contribution is 2.29. The van der Waals surface area contributed by atoms with Gasteiger partial charge in [-0.05, 0) is 18.6 Å². The second kappa shape index (κ2) is 4.42. The molecule has 2 heterocycles. The Bertz CT molecular complexity index is 683. The first-order chi connectivity index (χ1) is 8.81. The van der Waals surface area contributed by atoms with Crippen LogP contribution >= 0.6 is 11.3 Å². The first kappa shape index (κ1) is 11.2.